The number of aromatic amines is 1. The number of nitrogens with zero attached hydrogens (tertiary/aromatic N) is 6. The fourth-order valence-corrected chi connectivity index (χ4v) is 8.53. The first-order valence-corrected chi connectivity index (χ1v) is 17.2. The minimum absolute atomic E-state index is 0.0518. The van der Waals surface area contributed by atoms with Crippen LogP contribution >= 0.6 is 0 Å². The molecule has 8 N–H and O–H groups in total. The SMILES string of the molecule is CC(C)(C)OC(=O)N1CC2CN(Nc3c(C(N)=O)cnc4[nH]ccc34)CC2C1n1ccc2c(NN3C4CCC3CC(O)C4)c(C(N)=O)cnc21. The summed E-state index contributed by atoms with van der Waals surface area (Å²) in [5, 5.41) is 16.0. The molecule has 8 rings (SSSR count). The normalized spacial score (nSPS) is 26.8. The van der Waals surface area contributed by atoms with Gasteiger partial charge in [-0.25, -0.2) is 24.8 Å². The molecule has 50 heavy (non-hydrogen) atoms. The summed E-state index contributed by atoms with van der Waals surface area (Å²) in [6, 6.07) is 4.02. The highest BCUT2D eigenvalue weighted by Gasteiger charge is 2.51. The Hall–Kier alpha value is -4.93. The number of piperidine rings is 1. The zero-order chi connectivity index (χ0) is 35.1. The Kier molecular flexibility index (Phi) is 7.65. The molecule has 3 amide bonds. The predicted molar refractivity (Wildman–Crippen MR) is 185 cm³/mol. The molecular weight excluding hydrogens is 642 g/mol. The molecule has 0 aliphatic carbocycles. The first-order valence-electron chi connectivity index (χ1n) is 17.2. The lowest BCUT2D eigenvalue weighted by atomic mass is 9.98. The topological polar surface area (TPSA) is 213 Å². The molecule has 4 aromatic heterocycles. The van der Waals surface area contributed by atoms with Crippen LogP contribution in [0.15, 0.2) is 36.9 Å². The summed E-state index contributed by atoms with van der Waals surface area (Å²) < 4.78 is 7.90. The maximum atomic E-state index is 13.8. The van der Waals surface area contributed by atoms with Crippen LogP contribution in [-0.2, 0) is 4.74 Å². The lowest BCUT2D eigenvalue weighted by Gasteiger charge is -2.38. The second-order valence-corrected chi connectivity index (χ2v) is 15.0. The summed E-state index contributed by atoms with van der Waals surface area (Å²) in [5.41, 5.74) is 20.8. The summed E-state index contributed by atoms with van der Waals surface area (Å²) >= 11 is 0. The van der Waals surface area contributed by atoms with Gasteiger partial charge < -0.3 is 41.7 Å². The molecule has 0 spiro atoms. The molecule has 0 saturated carbocycles. The predicted octanol–water partition coefficient (Wildman–Crippen LogP) is 2.75. The van der Waals surface area contributed by atoms with E-state index in [-0.39, 0.29) is 41.2 Å². The largest absolute Gasteiger partial charge is 0.444 e. The Morgan fingerprint density at radius 3 is 2.30 bits per heavy atom. The number of anilines is 2. The Labute approximate surface area is 288 Å². The molecular formula is C34H43N11O5. The van der Waals surface area contributed by atoms with Crippen LogP contribution < -0.4 is 22.3 Å². The first-order chi connectivity index (χ1) is 23.9. The van der Waals surface area contributed by atoms with Crippen molar-refractivity contribution in [3.63, 3.8) is 0 Å². The molecule has 0 aromatic carbocycles. The number of carbonyl (C=O) groups excluding carboxylic acids is 3. The van der Waals surface area contributed by atoms with E-state index >= 15 is 0 Å². The van der Waals surface area contributed by atoms with Crippen LogP contribution in [0, 0.1) is 11.8 Å². The van der Waals surface area contributed by atoms with Crippen molar-refractivity contribution in [3.8, 4) is 0 Å². The van der Waals surface area contributed by atoms with Crippen LogP contribution in [0.5, 0.6) is 0 Å². The van der Waals surface area contributed by atoms with E-state index in [2.05, 4.69) is 30.8 Å². The van der Waals surface area contributed by atoms with Crippen LogP contribution in [-0.4, -0.2) is 101 Å². The second-order valence-electron chi connectivity index (χ2n) is 15.0. The maximum absolute atomic E-state index is 13.8. The van der Waals surface area contributed by atoms with Gasteiger partial charge in [0.05, 0.1) is 28.6 Å². The number of hydrazine groups is 2. The third kappa shape index (κ3) is 5.47. The number of amides is 3. The fraction of sp³-hybridized carbons (Fsp3) is 0.500. The van der Waals surface area contributed by atoms with E-state index in [1.807, 2.05) is 43.7 Å². The van der Waals surface area contributed by atoms with Gasteiger partial charge in [0.2, 0.25) is 0 Å². The highest BCUT2D eigenvalue weighted by atomic mass is 16.6. The molecule has 0 radical (unpaired) electrons. The summed E-state index contributed by atoms with van der Waals surface area (Å²) in [5.74, 6) is -1.19. The third-order valence-corrected chi connectivity index (χ3v) is 10.6. The number of pyridine rings is 2. The average Bonchev–Trinajstić information content (AvgIpc) is 3.85. The molecule has 16 nitrogen and oxygen atoms in total. The van der Waals surface area contributed by atoms with Crippen molar-refractivity contribution in [1.82, 2.24) is 34.4 Å². The summed E-state index contributed by atoms with van der Waals surface area (Å²) in [4.78, 5) is 52.8. The molecule has 4 aliphatic heterocycles. The van der Waals surface area contributed by atoms with Crippen LogP contribution in [0.2, 0.25) is 0 Å². The van der Waals surface area contributed by atoms with Crippen LogP contribution in [0.4, 0.5) is 16.2 Å². The number of H-pyrrole nitrogens is 1. The zero-order valence-corrected chi connectivity index (χ0v) is 28.3. The van der Waals surface area contributed by atoms with Gasteiger partial charge in [-0.3, -0.25) is 14.5 Å². The molecule has 2 bridgehead atoms. The molecule has 4 saturated heterocycles. The number of likely N-dealkylation sites (tertiary alicyclic amines) is 1. The molecule has 264 valence electrons. The molecule has 4 aromatic rings. The van der Waals surface area contributed by atoms with E-state index in [0.717, 1.165) is 18.2 Å². The van der Waals surface area contributed by atoms with Gasteiger partial charge in [-0.2, -0.15) is 0 Å². The fourth-order valence-electron chi connectivity index (χ4n) is 8.53. The smallest absolute Gasteiger partial charge is 0.411 e. The molecule has 5 atom stereocenters. The van der Waals surface area contributed by atoms with Crippen molar-refractivity contribution < 1.29 is 24.2 Å². The number of hydrogen-bond acceptors (Lipinski definition) is 11. The van der Waals surface area contributed by atoms with Gasteiger partial charge >= 0.3 is 6.09 Å². The Balaban J connectivity index is 1.15. The summed E-state index contributed by atoms with van der Waals surface area (Å²) in [6.07, 6.45) is 8.60. The van der Waals surface area contributed by atoms with E-state index in [9.17, 15) is 19.5 Å². The Morgan fingerprint density at radius 1 is 0.940 bits per heavy atom. The first kappa shape index (κ1) is 32.3. The van der Waals surface area contributed by atoms with Gasteiger partial charge in [-0.1, -0.05) is 0 Å². The van der Waals surface area contributed by atoms with Crippen molar-refractivity contribution in [2.75, 3.05) is 30.5 Å². The van der Waals surface area contributed by atoms with Crippen LogP contribution in [0.3, 0.4) is 0 Å². The Bertz CT molecular complexity index is 1990. The Morgan fingerprint density at radius 2 is 1.62 bits per heavy atom. The number of nitrogens with one attached hydrogen (secondary N) is 3. The number of aromatic nitrogens is 4. The van der Waals surface area contributed by atoms with Crippen molar-refractivity contribution in [2.24, 2.45) is 23.3 Å². The average molecular weight is 686 g/mol. The lowest BCUT2D eigenvalue weighted by Crippen LogP contribution is -2.48. The van der Waals surface area contributed by atoms with Crippen LogP contribution in [0.1, 0.15) is 73.3 Å². The monoisotopic (exact) mass is 685 g/mol. The standard InChI is InChI=1S/C34H43N11O5/c1-34(2,3)50-33(49)44-15-17-14-42(40-26-21-6-8-37-30(21)38-12-23(26)28(35)47)16-25(17)32(44)43-9-7-22-27(24(29(36)48)13-39-31(22)43)41-45-18-4-5-19(45)11-20(46)10-18/h6-9,12-13,17-20,25,32,46H,4-5,10-11,14-16H2,1-3H3,(H2,35,47)(H2,36,48)(H,39,41)(H2,37,38,40). The third-order valence-electron chi connectivity index (χ3n) is 10.6. The molecule has 5 unspecified atom stereocenters. The number of primary amides is 2. The van der Waals surface area contributed by atoms with E-state index in [0.29, 0.717) is 60.5 Å². The maximum Gasteiger partial charge on any atom is 0.411 e. The van der Waals surface area contributed by atoms with Gasteiger partial charge in [-0.15, -0.1) is 0 Å². The number of ether oxygens (including phenoxy) is 1. The molecule has 4 aliphatic rings. The van der Waals surface area contributed by atoms with Crippen molar-refractivity contribution in [1.29, 1.82) is 0 Å². The molecule has 8 heterocycles. The number of hydrogen-bond donors (Lipinski definition) is 6. The second kappa shape index (κ2) is 11.8. The number of aliphatic hydroxyl groups is 1. The van der Waals surface area contributed by atoms with E-state index < -0.39 is 29.7 Å². The van der Waals surface area contributed by atoms with E-state index in [4.69, 9.17) is 21.2 Å². The van der Waals surface area contributed by atoms with Gasteiger partial charge in [-0.05, 0) is 64.5 Å². The van der Waals surface area contributed by atoms with Crippen molar-refractivity contribution in [3.05, 3.63) is 48.0 Å². The summed E-state index contributed by atoms with van der Waals surface area (Å²) in [6.45, 7) is 7.09. The van der Waals surface area contributed by atoms with Crippen molar-refractivity contribution in [2.45, 2.75) is 76.4 Å². The number of fused-ring (bicyclic) bond motifs is 5. The summed E-state index contributed by atoms with van der Waals surface area (Å²) in [7, 11) is 0. The van der Waals surface area contributed by atoms with Gasteiger partial charge in [0, 0.05) is 73.2 Å². The number of carbonyl (C=O) groups is 3. The van der Waals surface area contributed by atoms with E-state index in [1.165, 1.54) is 12.4 Å². The number of nitrogens with two attached hydrogens (primary N) is 2. The van der Waals surface area contributed by atoms with Gasteiger partial charge in [0.15, 0.2) is 0 Å². The number of rotatable bonds is 7. The van der Waals surface area contributed by atoms with Crippen molar-refractivity contribution >= 4 is 51.3 Å². The van der Waals surface area contributed by atoms with E-state index in [1.54, 1.807) is 11.1 Å². The van der Waals surface area contributed by atoms with Gasteiger partial charge in [0.25, 0.3) is 11.8 Å². The highest BCUT2D eigenvalue weighted by Crippen LogP contribution is 2.45. The minimum Gasteiger partial charge on any atom is -0.444 e. The number of aliphatic hydroxyl groups excluding tert-OH is 1. The molecule has 4 fully saturated rings. The zero-order valence-electron chi connectivity index (χ0n) is 28.3. The lowest BCUT2D eigenvalue weighted by molar-refractivity contribution is 0.0119. The van der Waals surface area contributed by atoms with Crippen LogP contribution in [0.25, 0.3) is 22.1 Å². The quantitative estimate of drug-likeness (QED) is 0.166. The minimum atomic E-state index is -0.701. The highest BCUT2D eigenvalue weighted by molar-refractivity contribution is 6.06. The molecule has 16 heteroatoms. The van der Waals surface area contributed by atoms with Gasteiger partial charge in [0.1, 0.15) is 23.1 Å².